The molecule has 27 heavy (non-hydrogen) atoms. The molecule has 1 aromatic heterocycles. The van der Waals surface area contributed by atoms with Gasteiger partial charge in [0.25, 0.3) is 0 Å². The van der Waals surface area contributed by atoms with Crippen molar-refractivity contribution in [1.29, 1.82) is 0 Å². The number of aryl methyl sites for hydroxylation is 1. The molecular weight excluding hydrogens is 334 g/mol. The Morgan fingerprint density at radius 3 is 2.59 bits per heavy atom. The molecule has 1 saturated heterocycles. The fourth-order valence-corrected chi connectivity index (χ4v) is 3.58. The number of benzene rings is 1. The molecule has 1 atom stereocenters. The van der Waals surface area contributed by atoms with Gasteiger partial charge in [-0.2, -0.15) is 5.10 Å². The van der Waals surface area contributed by atoms with Gasteiger partial charge in [-0.3, -0.25) is 4.68 Å². The van der Waals surface area contributed by atoms with Gasteiger partial charge in [-0.25, -0.2) is 4.99 Å². The SMILES string of the molecule is CCNC(=NCc1ccc(C(C)(C)C)cc1)N1CCC(c2cnn(C)c2)C1. The predicted octanol–water partition coefficient (Wildman–Crippen LogP) is 3.67. The standard InChI is InChI=1S/C22H33N5/c1-6-23-21(24-13-17-7-9-20(10-8-17)22(2,3)4)27-12-11-18(16-27)19-14-25-26(5)15-19/h7-10,14-15,18H,6,11-13,16H2,1-5H3,(H,23,24). The van der Waals surface area contributed by atoms with Crippen LogP contribution in [0.5, 0.6) is 0 Å². The number of aromatic nitrogens is 2. The van der Waals surface area contributed by atoms with Gasteiger partial charge in [0.2, 0.25) is 0 Å². The Labute approximate surface area is 163 Å². The number of hydrogen-bond donors (Lipinski definition) is 1. The highest BCUT2D eigenvalue weighted by molar-refractivity contribution is 5.80. The van der Waals surface area contributed by atoms with Crippen LogP contribution in [0.3, 0.4) is 0 Å². The van der Waals surface area contributed by atoms with Gasteiger partial charge < -0.3 is 10.2 Å². The average Bonchev–Trinajstić information content (AvgIpc) is 3.27. The van der Waals surface area contributed by atoms with E-state index in [1.165, 1.54) is 16.7 Å². The molecule has 1 N–H and O–H groups in total. The minimum Gasteiger partial charge on any atom is -0.357 e. The van der Waals surface area contributed by atoms with E-state index in [1.54, 1.807) is 0 Å². The molecule has 0 bridgehead atoms. The zero-order valence-corrected chi connectivity index (χ0v) is 17.4. The molecule has 1 aromatic carbocycles. The lowest BCUT2D eigenvalue weighted by atomic mass is 9.87. The van der Waals surface area contributed by atoms with Crippen LogP contribution in [0, 0.1) is 0 Å². The van der Waals surface area contributed by atoms with Crippen molar-refractivity contribution >= 4 is 5.96 Å². The molecular formula is C22H33N5. The Morgan fingerprint density at radius 1 is 1.26 bits per heavy atom. The van der Waals surface area contributed by atoms with E-state index in [9.17, 15) is 0 Å². The van der Waals surface area contributed by atoms with Crippen molar-refractivity contribution in [3.63, 3.8) is 0 Å². The molecule has 1 unspecified atom stereocenters. The van der Waals surface area contributed by atoms with Crippen molar-refractivity contribution in [2.45, 2.75) is 52.0 Å². The Balaban J connectivity index is 1.66. The van der Waals surface area contributed by atoms with E-state index in [0.717, 1.165) is 32.0 Å². The number of nitrogens with zero attached hydrogens (tertiary/aromatic N) is 4. The fourth-order valence-electron chi connectivity index (χ4n) is 3.58. The summed E-state index contributed by atoms with van der Waals surface area (Å²) in [5.74, 6) is 1.55. The first kappa shape index (κ1) is 19.5. The summed E-state index contributed by atoms with van der Waals surface area (Å²) in [6, 6.07) is 8.87. The Bertz CT molecular complexity index is 767. The number of guanidine groups is 1. The molecule has 2 heterocycles. The van der Waals surface area contributed by atoms with Gasteiger partial charge in [0, 0.05) is 38.8 Å². The lowest BCUT2D eigenvalue weighted by Crippen LogP contribution is -2.40. The molecule has 3 rings (SSSR count). The van der Waals surface area contributed by atoms with E-state index < -0.39 is 0 Å². The molecule has 0 amide bonds. The second-order valence-electron chi connectivity index (χ2n) is 8.50. The highest BCUT2D eigenvalue weighted by atomic mass is 15.3. The smallest absolute Gasteiger partial charge is 0.194 e. The normalized spacial score (nSPS) is 18.2. The molecule has 0 aliphatic carbocycles. The molecule has 1 fully saturated rings. The van der Waals surface area contributed by atoms with Crippen LogP contribution in [0.4, 0.5) is 0 Å². The maximum atomic E-state index is 4.90. The highest BCUT2D eigenvalue weighted by Crippen LogP contribution is 2.27. The lowest BCUT2D eigenvalue weighted by Gasteiger charge is -2.22. The van der Waals surface area contributed by atoms with Gasteiger partial charge in [0.05, 0.1) is 12.7 Å². The summed E-state index contributed by atoms with van der Waals surface area (Å²) in [7, 11) is 1.98. The zero-order chi connectivity index (χ0) is 19.4. The predicted molar refractivity (Wildman–Crippen MR) is 112 cm³/mol. The van der Waals surface area contributed by atoms with Gasteiger partial charge in [-0.05, 0) is 35.4 Å². The van der Waals surface area contributed by atoms with Crippen molar-refractivity contribution in [1.82, 2.24) is 20.0 Å². The maximum Gasteiger partial charge on any atom is 0.194 e. The summed E-state index contributed by atoms with van der Waals surface area (Å²) in [6.07, 6.45) is 5.28. The van der Waals surface area contributed by atoms with Crippen LogP contribution in [0.15, 0.2) is 41.7 Å². The Morgan fingerprint density at radius 2 is 2.00 bits per heavy atom. The third kappa shape index (κ3) is 4.90. The monoisotopic (exact) mass is 367 g/mol. The summed E-state index contributed by atoms with van der Waals surface area (Å²) in [6.45, 7) is 12.5. The van der Waals surface area contributed by atoms with Crippen molar-refractivity contribution in [3.8, 4) is 0 Å². The fraction of sp³-hybridized carbons (Fsp3) is 0.545. The minimum absolute atomic E-state index is 0.188. The quantitative estimate of drug-likeness (QED) is 0.662. The number of nitrogens with one attached hydrogen (secondary N) is 1. The average molecular weight is 368 g/mol. The number of hydrogen-bond acceptors (Lipinski definition) is 2. The van der Waals surface area contributed by atoms with Crippen molar-refractivity contribution in [2.75, 3.05) is 19.6 Å². The molecule has 0 radical (unpaired) electrons. The van der Waals surface area contributed by atoms with E-state index in [4.69, 9.17) is 4.99 Å². The third-order valence-electron chi connectivity index (χ3n) is 5.25. The van der Waals surface area contributed by atoms with Crippen LogP contribution in [0.25, 0.3) is 0 Å². The number of aliphatic imine (C=N–C) groups is 1. The summed E-state index contributed by atoms with van der Waals surface area (Å²) < 4.78 is 1.89. The van der Waals surface area contributed by atoms with E-state index in [0.29, 0.717) is 12.5 Å². The second kappa shape index (κ2) is 8.15. The number of likely N-dealkylation sites (tertiary alicyclic amines) is 1. The molecule has 1 aliphatic rings. The second-order valence-corrected chi connectivity index (χ2v) is 8.50. The van der Waals surface area contributed by atoms with E-state index in [1.807, 2.05) is 17.9 Å². The van der Waals surface area contributed by atoms with Crippen LogP contribution in [-0.2, 0) is 19.0 Å². The first-order valence-electron chi connectivity index (χ1n) is 9.98. The minimum atomic E-state index is 0.188. The summed E-state index contributed by atoms with van der Waals surface area (Å²) in [4.78, 5) is 7.28. The zero-order valence-electron chi connectivity index (χ0n) is 17.4. The first-order valence-corrected chi connectivity index (χ1v) is 9.98. The van der Waals surface area contributed by atoms with Gasteiger partial charge >= 0.3 is 0 Å². The molecule has 2 aromatic rings. The molecule has 1 aliphatic heterocycles. The maximum absolute atomic E-state index is 4.90. The van der Waals surface area contributed by atoms with Crippen LogP contribution in [-0.4, -0.2) is 40.3 Å². The number of rotatable bonds is 4. The van der Waals surface area contributed by atoms with Crippen LogP contribution < -0.4 is 5.32 Å². The van der Waals surface area contributed by atoms with Crippen molar-refractivity contribution in [2.24, 2.45) is 12.0 Å². The third-order valence-corrected chi connectivity index (χ3v) is 5.25. The van der Waals surface area contributed by atoms with Crippen LogP contribution in [0.2, 0.25) is 0 Å². The summed E-state index contributed by atoms with van der Waals surface area (Å²) in [5, 5.41) is 7.78. The van der Waals surface area contributed by atoms with Gasteiger partial charge in [0.1, 0.15) is 0 Å². The Hall–Kier alpha value is -2.30. The highest BCUT2D eigenvalue weighted by Gasteiger charge is 2.26. The summed E-state index contributed by atoms with van der Waals surface area (Å²) in [5.41, 5.74) is 4.13. The van der Waals surface area contributed by atoms with Crippen LogP contribution in [0.1, 0.15) is 56.7 Å². The largest absolute Gasteiger partial charge is 0.357 e. The first-order chi connectivity index (χ1) is 12.9. The molecule has 0 spiro atoms. The molecule has 146 valence electrons. The van der Waals surface area contributed by atoms with Gasteiger partial charge in [0.15, 0.2) is 5.96 Å². The van der Waals surface area contributed by atoms with E-state index in [2.05, 4.69) is 73.5 Å². The van der Waals surface area contributed by atoms with E-state index in [-0.39, 0.29) is 5.41 Å². The van der Waals surface area contributed by atoms with E-state index >= 15 is 0 Å². The Kier molecular flexibility index (Phi) is 5.88. The lowest BCUT2D eigenvalue weighted by molar-refractivity contribution is 0.486. The van der Waals surface area contributed by atoms with Crippen LogP contribution >= 0.6 is 0 Å². The van der Waals surface area contributed by atoms with Gasteiger partial charge in [-0.1, -0.05) is 45.0 Å². The molecule has 5 heteroatoms. The summed E-state index contributed by atoms with van der Waals surface area (Å²) >= 11 is 0. The topological polar surface area (TPSA) is 45.5 Å². The molecule has 5 nitrogen and oxygen atoms in total. The van der Waals surface area contributed by atoms with Crippen molar-refractivity contribution < 1.29 is 0 Å². The van der Waals surface area contributed by atoms with Crippen molar-refractivity contribution in [3.05, 3.63) is 53.3 Å². The molecule has 0 saturated carbocycles. The van der Waals surface area contributed by atoms with Gasteiger partial charge in [-0.15, -0.1) is 0 Å².